The molecule has 2 unspecified atom stereocenters. The predicted octanol–water partition coefficient (Wildman–Crippen LogP) is 3.48. The fraction of sp³-hybridized carbons (Fsp3) is 0.611. The normalized spacial score (nSPS) is 20.6. The summed E-state index contributed by atoms with van der Waals surface area (Å²) in [6, 6.07) is 6.31. The van der Waals surface area contributed by atoms with E-state index in [1.165, 1.54) is 31.4 Å². The van der Waals surface area contributed by atoms with E-state index in [9.17, 15) is 13.2 Å². The number of hydrogen-bond acceptors (Lipinski definition) is 3. The van der Waals surface area contributed by atoms with Crippen molar-refractivity contribution in [2.75, 3.05) is 6.54 Å². The lowest BCUT2D eigenvalue weighted by atomic mass is 9.97. The Morgan fingerprint density at radius 2 is 2.12 bits per heavy atom. The van der Waals surface area contributed by atoms with Gasteiger partial charge < -0.3 is 5.32 Å². The lowest BCUT2D eigenvalue weighted by Crippen LogP contribution is -2.39. The Morgan fingerprint density at radius 3 is 2.84 bits per heavy atom. The Labute approximate surface area is 155 Å². The van der Waals surface area contributed by atoms with Crippen molar-refractivity contribution in [2.24, 2.45) is 5.92 Å². The van der Waals surface area contributed by atoms with Crippen molar-refractivity contribution in [2.45, 2.75) is 62.8 Å². The van der Waals surface area contributed by atoms with Gasteiger partial charge in [0, 0.05) is 24.0 Å². The van der Waals surface area contributed by atoms with Crippen molar-refractivity contribution >= 4 is 27.5 Å². The summed E-state index contributed by atoms with van der Waals surface area (Å²) in [5.74, 6) is 0.467. The third-order valence-corrected chi connectivity index (χ3v) is 6.38. The van der Waals surface area contributed by atoms with Crippen molar-refractivity contribution in [3.63, 3.8) is 0 Å². The van der Waals surface area contributed by atoms with Crippen LogP contribution in [0.1, 0.15) is 51.9 Å². The summed E-state index contributed by atoms with van der Waals surface area (Å²) in [5.41, 5.74) is 0. The van der Waals surface area contributed by atoms with Gasteiger partial charge in [0.1, 0.15) is 0 Å². The molecule has 2 rings (SSSR count). The molecule has 25 heavy (non-hydrogen) atoms. The van der Waals surface area contributed by atoms with Gasteiger partial charge in [0.25, 0.3) is 0 Å². The van der Waals surface area contributed by atoms with E-state index in [0.29, 0.717) is 10.9 Å². The predicted molar refractivity (Wildman–Crippen MR) is 100 cm³/mol. The summed E-state index contributed by atoms with van der Waals surface area (Å²) >= 11 is 5.82. The van der Waals surface area contributed by atoms with Crippen LogP contribution in [0.15, 0.2) is 29.2 Å². The molecule has 140 valence electrons. The van der Waals surface area contributed by atoms with Crippen LogP contribution in [0.3, 0.4) is 0 Å². The molecule has 1 aliphatic carbocycles. The van der Waals surface area contributed by atoms with Crippen LogP contribution in [-0.2, 0) is 14.8 Å². The van der Waals surface area contributed by atoms with E-state index in [1.807, 2.05) is 0 Å². The highest BCUT2D eigenvalue weighted by Crippen LogP contribution is 2.29. The minimum absolute atomic E-state index is 0.0764. The maximum Gasteiger partial charge on any atom is 0.240 e. The maximum absolute atomic E-state index is 12.2. The SMILES string of the molecule is CCCCC1CCCC1NC(=O)CCNS(=O)(=O)c1cccc(Cl)c1. The van der Waals surface area contributed by atoms with Gasteiger partial charge in [-0.3, -0.25) is 4.79 Å². The third kappa shape index (κ3) is 6.28. The number of amides is 1. The van der Waals surface area contributed by atoms with E-state index in [2.05, 4.69) is 17.0 Å². The number of unbranched alkanes of at least 4 members (excludes halogenated alkanes) is 1. The Hall–Kier alpha value is -1.11. The van der Waals surface area contributed by atoms with E-state index in [4.69, 9.17) is 11.6 Å². The number of rotatable bonds is 9. The third-order valence-electron chi connectivity index (χ3n) is 4.68. The fourth-order valence-electron chi connectivity index (χ4n) is 3.33. The van der Waals surface area contributed by atoms with Crippen LogP contribution in [0, 0.1) is 5.92 Å². The first-order valence-electron chi connectivity index (χ1n) is 8.97. The number of carbonyl (C=O) groups is 1. The van der Waals surface area contributed by atoms with E-state index in [-0.39, 0.29) is 29.8 Å². The van der Waals surface area contributed by atoms with Crippen LogP contribution < -0.4 is 10.0 Å². The Morgan fingerprint density at radius 1 is 1.32 bits per heavy atom. The second-order valence-electron chi connectivity index (χ2n) is 6.61. The number of carbonyl (C=O) groups excluding carboxylic acids is 1. The second kappa shape index (κ2) is 9.55. The highest BCUT2D eigenvalue weighted by Gasteiger charge is 2.27. The minimum Gasteiger partial charge on any atom is -0.353 e. The molecule has 0 saturated heterocycles. The topological polar surface area (TPSA) is 75.3 Å². The zero-order valence-electron chi connectivity index (χ0n) is 14.6. The molecule has 0 aliphatic heterocycles. The van der Waals surface area contributed by atoms with Crippen molar-refractivity contribution in [1.82, 2.24) is 10.0 Å². The molecular weight excluding hydrogens is 360 g/mol. The smallest absolute Gasteiger partial charge is 0.240 e. The Kier molecular flexibility index (Phi) is 7.72. The van der Waals surface area contributed by atoms with Gasteiger partial charge in [0.15, 0.2) is 0 Å². The first-order chi connectivity index (χ1) is 11.9. The highest BCUT2D eigenvalue weighted by molar-refractivity contribution is 7.89. The largest absolute Gasteiger partial charge is 0.353 e. The van der Waals surface area contributed by atoms with Crippen LogP contribution >= 0.6 is 11.6 Å². The summed E-state index contributed by atoms with van der Waals surface area (Å²) in [4.78, 5) is 12.2. The van der Waals surface area contributed by atoms with Crippen LogP contribution in [0.5, 0.6) is 0 Å². The molecule has 2 atom stereocenters. The monoisotopic (exact) mass is 386 g/mol. The zero-order valence-corrected chi connectivity index (χ0v) is 16.2. The molecule has 1 saturated carbocycles. The molecule has 1 amide bonds. The van der Waals surface area contributed by atoms with Crippen molar-refractivity contribution in [3.8, 4) is 0 Å². The molecule has 2 N–H and O–H groups in total. The van der Waals surface area contributed by atoms with E-state index >= 15 is 0 Å². The number of hydrogen-bond donors (Lipinski definition) is 2. The van der Waals surface area contributed by atoms with Crippen molar-refractivity contribution < 1.29 is 13.2 Å². The lowest BCUT2D eigenvalue weighted by molar-refractivity contribution is -0.121. The van der Waals surface area contributed by atoms with E-state index in [0.717, 1.165) is 19.3 Å². The average molecular weight is 387 g/mol. The molecule has 7 heteroatoms. The Bertz CT molecular complexity index is 679. The van der Waals surface area contributed by atoms with Crippen LogP contribution in [0.25, 0.3) is 0 Å². The van der Waals surface area contributed by atoms with Gasteiger partial charge in [-0.15, -0.1) is 0 Å². The first-order valence-corrected chi connectivity index (χ1v) is 10.8. The zero-order chi connectivity index (χ0) is 18.3. The van der Waals surface area contributed by atoms with Crippen LogP contribution in [-0.4, -0.2) is 26.9 Å². The quantitative estimate of drug-likeness (QED) is 0.682. The summed E-state index contributed by atoms with van der Waals surface area (Å²) < 4.78 is 26.8. The molecule has 5 nitrogen and oxygen atoms in total. The molecule has 0 spiro atoms. The summed E-state index contributed by atoms with van der Waals surface area (Å²) in [6.45, 7) is 2.25. The summed E-state index contributed by atoms with van der Waals surface area (Å²) in [6.07, 6.45) is 7.00. The van der Waals surface area contributed by atoms with Gasteiger partial charge in [0.05, 0.1) is 4.90 Å². The molecule has 0 heterocycles. The van der Waals surface area contributed by atoms with Gasteiger partial charge in [-0.25, -0.2) is 13.1 Å². The van der Waals surface area contributed by atoms with Crippen molar-refractivity contribution in [1.29, 1.82) is 0 Å². The van der Waals surface area contributed by atoms with E-state index < -0.39 is 10.0 Å². The van der Waals surface area contributed by atoms with Gasteiger partial charge >= 0.3 is 0 Å². The van der Waals surface area contributed by atoms with Gasteiger partial charge in [-0.1, -0.05) is 43.9 Å². The minimum atomic E-state index is -3.64. The number of nitrogens with one attached hydrogen (secondary N) is 2. The molecule has 1 fully saturated rings. The summed E-state index contributed by atoms with van der Waals surface area (Å²) in [7, 11) is -3.64. The maximum atomic E-state index is 12.2. The van der Waals surface area contributed by atoms with Crippen LogP contribution in [0.2, 0.25) is 5.02 Å². The van der Waals surface area contributed by atoms with Gasteiger partial charge in [-0.2, -0.15) is 0 Å². The second-order valence-corrected chi connectivity index (χ2v) is 8.82. The lowest BCUT2D eigenvalue weighted by Gasteiger charge is -2.21. The number of sulfonamides is 1. The molecule has 1 aliphatic rings. The molecule has 0 radical (unpaired) electrons. The standard InChI is InChI=1S/C18H27ClN2O3S/c1-2-3-6-14-7-4-10-17(14)21-18(22)11-12-20-25(23,24)16-9-5-8-15(19)13-16/h5,8-9,13-14,17,20H,2-4,6-7,10-12H2,1H3,(H,21,22). The molecular formula is C18H27ClN2O3S. The summed E-state index contributed by atoms with van der Waals surface area (Å²) in [5, 5.41) is 3.44. The molecule has 0 bridgehead atoms. The van der Waals surface area contributed by atoms with Gasteiger partial charge in [-0.05, 0) is 43.4 Å². The van der Waals surface area contributed by atoms with Crippen molar-refractivity contribution in [3.05, 3.63) is 29.3 Å². The van der Waals surface area contributed by atoms with E-state index in [1.54, 1.807) is 12.1 Å². The Balaban J connectivity index is 1.78. The molecule has 1 aromatic carbocycles. The fourth-order valence-corrected chi connectivity index (χ4v) is 4.67. The average Bonchev–Trinajstić information content (AvgIpc) is 2.99. The molecule has 1 aromatic rings. The first kappa shape index (κ1) is 20.2. The number of benzene rings is 1. The van der Waals surface area contributed by atoms with Crippen LogP contribution in [0.4, 0.5) is 0 Å². The molecule has 0 aromatic heterocycles. The number of halogens is 1. The van der Waals surface area contributed by atoms with Gasteiger partial charge in [0.2, 0.25) is 15.9 Å². The highest BCUT2D eigenvalue weighted by atomic mass is 35.5.